The summed E-state index contributed by atoms with van der Waals surface area (Å²) in [5.41, 5.74) is -0.0207. The van der Waals surface area contributed by atoms with E-state index in [2.05, 4.69) is 5.32 Å². The molecule has 0 bridgehead atoms. The molecule has 0 spiro atoms. The molecule has 1 unspecified atom stereocenters. The molecule has 0 heterocycles. The highest BCUT2D eigenvalue weighted by molar-refractivity contribution is 5.99. The lowest BCUT2D eigenvalue weighted by Crippen LogP contribution is -2.41. The van der Waals surface area contributed by atoms with Crippen LogP contribution in [0.1, 0.15) is 24.2 Å². The van der Waals surface area contributed by atoms with Crippen molar-refractivity contribution in [3.63, 3.8) is 0 Å². The number of aliphatic hydroxyl groups is 1. The maximum Gasteiger partial charge on any atom is 0.179 e. The minimum atomic E-state index is -0.782. The number of aliphatic hydroxyl groups excluding tert-OH is 1. The van der Waals surface area contributed by atoms with Crippen LogP contribution in [0.25, 0.3) is 0 Å². The van der Waals surface area contributed by atoms with Crippen molar-refractivity contribution in [2.75, 3.05) is 6.61 Å². The quantitative estimate of drug-likeness (QED) is 0.771. The van der Waals surface area contributed by atoms with Gasteiger partial charge in [0.2, 0.25) is 0 Å². The van der Waals surface area contributed by atoms with Crippen molar-refractivity contribution in [1.29, 1.82) is 0 Å². The first kappa shape index (κ1) is 13.7. The summed E-state index contributed by atoms with van der Waals surface area (Å²) in [6.07, 6.45) is 0. The Balaban J connectivity index is 2.81. The lowest BCUT2D eigenvalue weighted by Gasteiger charge is -2.17. The smallest absolute Gasteiger partial charge is 0.179 e. The Morgan fingerprint density at radius 3 is 2.29 bits per heavy atom. The minimum Gasteiger partial charge on any atom is -0.395 e. The van der Waals surface area contributed by atoms with Gasteiger partial charge in [0.25, 0.3) is 0 Å². The third-order valence-electron chi connectivity index (χ3n) is 2.35. The van der Waals surface area contributed by atoms with Crippen LogP contribution >= 0.6 is 0 Å². The molecule has 0 fully saturated rings. The van der Waals surface area contributed by atoms with Gasteiger partial charge >= 0.3 is 0 Å². The second-order valence-electron chi connectivity index (χ2n) is 3.99. The second kappa shape index (κ2) is 5.84. The third-order valence-corrected chi connectivity index (χ3v) is 2.35. The van der Waals surface area contributed by atoms with Crippen LogP contribution in [0.15, 0.2) is 18.2 Å². The van der Waals surface area contributed by atoms with Gasteiger partial charge in [-0.3, -0.25) is 4.79 Å². The molecule has 1 aromatic rings. The summed E-state index contributed by atoms with van der Waals surface area (Å²) in [6, 6.07) is 1.83. The monoisotopic (exact) mass is 243 g/mol. The van der Waals surface area contributed by atoms with Crippen molar-refractivity contribution >= 4 is 5.78 Å². The number of Topliss-reactive ketones (excluding diaryl/α,β-unsaturated/α-hetero) is 1. The number of halogens is 2. The van der Waals surface area contributed by atoms with E-state index in [4.69, 9.17) is 5.11 Å². The van der Waals surface area contributed by atoms with E-state index < -0.39 is 23.5 Å². The predicted octanol–water partition coefficient (Wildman–Crippen LogP) is 1.51. The molecule has 5 heteroatoms. The molecule has 0 aromatic heterocycles. The molecule has 0 aliphatic heterocycles. The lowest BCUT2D eigenvalue weighted by molar-refractivity contribution is 0.0938. The molecule has 1 rings (SSSR count). The molecular weight excluding hydrogens is 228 g/mol. The second-order valence-corrected chi connectivity index (χ2v) is 3.99. The van der Waals surface area contributed by atoms with Gasteiger partial charge < -0.3 is 10.4 Å². The molecule has 2 N–H and O–H groups in total. The van der Waals surface area contributed by atoms with Crippen molar-refractivity contribution in [3.8, 4) is 0 Å². The highest BCUT2D eigenvalue weighted by Gasteiger charge is 2.18. The fourth-order valence-corrected chi connectivity index (χ4v) is 1.50. The maximum atomic E-state index is 12.9. The summed E-state index contributed by atoms with van der Waals surface area (Å²) in [7, 11) is 0. The number of carbonyl (C=O) groups is 1. The number of carbonyl (C=O) groups excluding carboxylic acids is 1. The predicted molar refractivity (Wildman–Crippen MR) is 59.8 cm³/mol. The number of ketones is 1. The van der Waals surface area contributed by atoms with Gasteiger partial charge in [-0.2, -0.15) is 0 Å². The van der Waals surface area contributed by atoms with Crippen LogP contribution in [-0.2, 0) is 0 Å². The molecule has 2 atom stereocenters. The average Bonchev–Trinajstić information content (AvgIpc) is 2.26. The highest BCUT2D eigenvalue weighted by Crippen LogP contribution is 2.10. The molecule has 0 saturated carbocycles. The SMILES string of the molecule is CC(CO)N[C@@H](C)C(=O)c1cc(F)cc(F)c1. The van der Waals surface area contributed by atoms with Crippen LogP contribution in [-0.4, -0.2) is 29.6 Å². The van der Waals surface area contributed by atoms with Crippen LogP contribution in [0.5, 0.6) is 0 Å². The van der Waals surface area contributed by atoms with Gasteiger partial charge in [-0.05, 0) is 26.0 Å². The fourth-order valence-electron chi connectivity index (χ4n) is 1.50. The van der Waals surface area contributed by atoms with Gasteiger partial charge in [0.1, 0.15) is 11.6 Å². The van der Waals surface area contributed by atoms with E-state index in [-0.39, 0.29) is 18.2 Å². The van der Waals surface area contributed by atoms with Crippen molar-refractivity contribution in [3.05, 3.63) is 35.4 Å². The van der Waals surface area contributed by atoms with Crippen LogP contribution in [0.4, 0.5) is 8.78 Å². The zero-order chi connectivity index (χ0) is 13.0. The Morgan fingerprint density at radius 2 is 1.82 bits per heavy atom. The Hall–Kier alpha value is -1.33. The number of hydrogen-bond donors (Lipinski definition) is 2. The Bertz CT molecular complexity index is 389. The van der Waals surface area contributed by atoms with Crippen molar-refractivity contribution < 1.29 is 18.7 Å². The molecule has 17 heavy (non-hydrogen) atoms. The summed E-state index contributed by atoms with van der Waals surface area (Å²) in [5.74, 6) is -1.98. The number of rotatable bonds is 5. The molecule has 0 amide bonds. The van der Waals surface area contributed by atoms with Gasteiger partial charge in [-0.15, -0.1) is 0 Å². The fraction of sp³-hybridized carbons (Fsp3) is 0.417. The van der Waals surface area contributed by atoms with Gasteiger partial charge in [0.05, 0.1) is 12.6 Å². The van der Waals surface area contributed by atoms with E-state index in [9.17, 15) is 13.6 Å². The van der Waals surface area contributed by atoms with Crippen molar-refractivity contribution in [2.45, 2.75) is 25.9 Å². The molecule has 1 aromatic carbocycles. The van der Waals surface area contributed by atoms with E-state index in [1.54, 1.807) is 13.8 Å². The molecule has 3 nitrogen and oxygen atoms in total. The average molecular weight is 243 g/mol. The van der Waals surface area contributed by atoms with Crippen LogP contribution in [0.3, 0.4) is 0 Å². The first-order valence-corrected chi connectivity index (χ1v) is 5.31. The van der Waals surface area contributed by atoms with Gasteiger partial charge in [0.15, 0.2) is 5.78 Å². The topological polar surface area (TPSA) is 49.3 Å². The molecule has 94 valence electrons. The molecular formula is C12H15F2NO2. The summed E-state index contributed by atoms with van der Waals surface area (Å²) in [4.78, 5) is 11.8. The lowest BCUT2D eigenvalue weighted by atomic mass is 10.0. The van der Waals surface area contributed by atoms with E-state index in [0.29, 0.717) is 6.07 Å². The normalized spacial score (nSPS) is 14.4. The van der Waals surface area contributed by atoms with Crippen LogP contribution in [0, 0.1) is 11.6 Å². The number of nitrogens with one attached hydrogen (secondary N) is 1. The highest BCUT2D eigenvalue weighted by atomic mass is 19.1. The zero-order valence-electron chi connectivity index (χ0n) is 9.71. The Kier molecular flexibility index (Phi) is 4.72. The standard InChI is InChI=1S/C12H15F2NO2/c1-7(6-16)15-8(2)12(17)9-3-10(13)5-11(14)4-9/h3-5,7-8,15-16H,6H2,1-2H3/t7?,8-/m0/s1. The molecule has 0 aliphatic rings. The molecule has 0 saturated heterocycles. The zero-order valence-corrected chi connectivity index (χ0v) is 9.71. The summed E-state index contributed by atoms with van der Waals surface area (Å²) in [6.45, 7) is 3.17. The Morgan fingerprint density at radius 1 is 1.29 bits per heavy atom. The Labute approximate surface area is 98.5 Å². The number of benzene rings is 1. The first-order valence-electron chi connectivity index (χ1n) is 5.31. The van der Waals surface area contributed by atoms with E-state index >= 15 is 0 Å². The first-order chi connectivity index (χ1) is 7.93. The molecule has 0 aliphatic carbocycles. The number of hydrogen-bond acceptors (Lipinski definition) is 3. The third kappa shape index (κ3) is 3.87. The van der Waals surface area contributed by atoms with E-state index in [1.165, 1.54) is 0 Å². The summed E-state index contributed by atoms with van der Waals surface area (Å²) < 4.78 is 25.9. The van der Waals surface area contributed by atoms with Gasteiger partial charge in [-0.1, -0.05) is 0 Å². The van der Waals surface area contributed by atoms with Gasteiger partial charge in [0, 0.05) is 17.7 Å². The summed E-state index contributed by atoms with van der Waals surface area (Å²) in [5, 5.41) is 11.7. The maximum absolute atomic E-state index is 12.9. The van der Waals surface area contributed by atoms with Crippen molar-refractivity contribution in [1.82, 2.24) is 5.32 Å². The van der Waals surface area contributed by atoms with E-state index in [1.807, 2.05) is 0 Å². The van der Waals surface area contributed by atoms with E-state index in [0.717, 1.165) is 12.1 Å². The minimum absolute atomic E-state index is 0.0207. The van der Waals surface area contributed by atoms with Crippen molar-refractivity contribution in [2.24, 2.45) is 0 Å². The van der Waals surface area contributed by atoms with Crippen LogP contribution in [0.2, 0.25) is 0 Å². The summed E-state index contributed by atoms with van der Waals surface area (Å²) >= 11 is 0. The largest absolute Gasteiger partial charge is 0.395 e. The van der Waals surface area contributed by atoms with Gasteiger partial charge in [-0.25, -0.2) is 8.78 Å². The van der Waals surface area contributed by atoms with Crippen LogP contribution < -0.4 is 5.32 Å². The molecule has 0 radical (unpaired) electrons.